The molecule has 0 amide bonds. The lowest BCUT2D eigenvalue weighted by Gasteiger charge is -2.17. The van der Waals surface area contributed by atoms with E-state index < -0.39 is 0 Å². The zero-order valence-electron chi connectivity index (χ0n) is 12.0. The number of nitrogens with one attached hydrogen (secondary N) is 1. The van der Waals surface area contributed by atoms with E-state index in [2.05, 4.69) is 17.1 Å². The zero-order chi connectivity index (χ0) is 13.7. The molecule has 2 heterocycles. The maximum atomic E-state index is 5.43. The fourth-order valence-corrected chi connectivity index (χ4v) is 2.53. The topological polar surface area (TPSA) is 46.9 Å². The minimum atomic E-state index is 0.187. The third kappa shape index (κ3) is 3.79. The molecular weight excluding hydrogens is 244 g/mol. The molecule has 5 heteroatoms. The van der Waals surface area contributed by atoms with Crippen LogP contribution in [0.25, 0.3) is 0 Å². The second kappa shape index (κ2) is 7.05. The van der Waals surface area contributed by atoms with Crippen molar-refractivity contribution in [2.45, 2.75) is 25.2 Å². The van der Waals surface area contributed by atoms with Crippen molar-refractivity contribution in [2.75, 3.05) is 40.4 Å². The molecule has 1 aliphatic rings. The van der Waals surface area contributed by atoms with Gasteiger partial charge in [0.25, 0.3) is 0 Å². The van der Waals surface area contributed by atoms with Crippen LogP contribution in [-0.2, 0) is 9.47 Å². The molecule has 2 rings (SSSR count). The molecule has 1 fully saturated rings. The zero-order valence-corrected chi connectivity index (χ0v) is 12.0. The molecule has 0 saturated carbocycles. The van der Waals surface area contributed by atoms with E-state index >= 15 is 0 Å². The van der Waals surface area contributed by atoms with Crippen molar-refractivity contribution < 1.29 is 13.9 Å². The van der Waals surface area contributed by atoms with Crippen LogP contribution in [0.3, 0.4) is 0 Å². The molecule has 0 bridgehead atoms. The predicted octanol–water partition coefficient (Wildman–Crippen LogP) is 1.28. The van der Waals surface area contributed by atoms with Crippen molar-refractivity contribution in [3.05, 3.63) is 24.2 Å². The molecule has 3 atom stereocenters. The average Bonchev–Trinajstić information content (AvgIpc) is 3.07. The molecule has 0 spiro atoms. The first-order valence-corrected chi connectivity index (χ1v) is 6.79. The highest BCUT2D eigenvalue weighted by Gasteiger charge is 2.32. The van der Waals surface area contributed by atoms with Crippen molar-refractivity contribution in [1.82, 2.24) is 10.2 Å². The van der Waals surface area contributed by atoms with Gasteiger partial charge in [-0.25, -0.2) is 0 Å². The number of likely N-dealkylation sites (tertiary alicyclic amines) is 1. The largest absolute Gasteiger partial charge is 0.468 e. The summed E-state index contributed by atoms with van der Waals surface area (Å²) >= 11 is 0. The lowest BCUT2D eigenvalue weighted by Crippen LogP contribution is -2.32. The minimum Gasteiger partial charge on any atom is -0.468 e. The van der Waals surface area contributed by atoms with Crippen molar-refractivity contribution >= 4 is 0 Å². The van der Waals surface area contributed by atoms with Gasteiger partial charge in [0.2, 0.25) is 0 Å². The maximum Gasteiger partial charge on any atom is 0.120 e. The van der Waals surface area contributed by atoms with Gasteiger partial charge in [-0.15, -0.1) is 0 Å². The van der Waals surface area contributed by atoms with Crippen LogP contribution in [0.5, 0.6) is 0 Å². The van der Waals surface area contributed by atoms with E-state index in [4.69, 9.17) is 13.9 Å². The van der Waals surface area contributed by atoms with Crippen LogP contribution in [0.4, 0.5) is 0 Å². The Morgan fingerprint density at radius 1 is 1.37 bits per heavy atom. The first kappa shape index (κ1) is 14.5. The van der Waals surface area contributed by atoms with Gasteiger partial charge in [-0.05, 0) is 19.1 Å². The first-order valence-electron chi connectivity index (χ1n) is 6.79. The smallest absolute Gasteiger partial charge is 0.120 e. The van der Waals surface area contributed by atoms with Gasteiger partial charge in [-0.1, -0.05) is 0 Å². The molecule has 0 radical (unpaired) electrons. The second-order valence-electron chi connectivity index (χ2n) is 5.00. The highest BCUT2D eigenvalue weighted by Crippen LogP contribution is 2.15. The molecule has 0 aliphatic carbocycles. The predicted molar refractivity (Wildman–Crippen MR) is 73.2 cm³/mol. The third-order valence-electron chi connectivity index (χ3n) is 3.74. The van der Waals surface area contributed by atoms with E-state index in [1.165, 1.54) is 0 Å². The second-order valence-corrected chi connectivity index (χ2v) is 5.00. The summed E-state index contributed by atoms with van der Waals surface area (Å²) in [5.74, 6) is 0.978. The van der Waals surface area contributed by atoms with E-state index in [1.807, 2.05) is 12.1 Å². The Kier molecular flexibility index (Phi) is 5.39. The summed E-state index contributed by atoms with van der Waals surface area (Å²) in [7, 11) is 3.49. The molecule has 1 aromatic heterocycles. The van der Waals surface area contributed by atoms with Gasteiger partial charge in [-0.2, -0.15) is 0 Å². The quantitative estimate of drug-likeness (QED) is 0.807. The molecule has 108 valence electrons. The monoisotopic (exact) mass is 268 g/mol. The first-order chi connectivity index (χ1) is 9.24. The van der Waals surface area contributed by atoms with Crippen LogP contribution in [0, 0.1) is 0 Å². The summed E-state index contributed by atoms with van der Waals surface area (Å²) in [4.78, 5) is 2.37. The Morgan fingerprint density at radius 2 is 2.05 bits per heavy atom. The molecule has 0 aromatic carbocycles. The van der Waals surface area contributed by atoms with Crippen LogP contribution in [0.1, 0.15) is 18.7 Å². The van der Waals surface area contributed by atoms with E-state index in [1.54, 1.807) is 20.5 Å². The maximum absolute atomic E-state index is 5.43. The summed E-state index contributed by atoms with van der Waals surface area (Å²) < 4.78 is 16.2. The lowest BCUT2D eigenvalue weighted by molar-refractivity contribution is -0.00461. The standard InChI is InChI=1S/C14H24N2O3/c1-11(12-5-4-8-19-12)15-6-7-16-9-13(17-2)14(10-16)18-3/h4-5,8,11,13-15H,6-7,9-10H2,1-3H3. The number of rotatable bonds is 7. The number of furan rings is 1. The molecule has 1 N–H and O–H groups in total. The summed E-state index contributed by atoms with van der Waals surface area (Å²) in [6, 6.07) is 4.16. The van der Waals surface area contributed by atoms with Crippen LogP contribution in [0.15, 0.2) is 22.8 Å². The lowest BCUT2D eigenvalue weighted by atomic mass is 10.2. The molecule has 1 saturated heterocycles. The van der Waals surface area contributed by atoms with Crippen LogP contribution < -0.4 is 5.32 Å². The summed E-state index contributed by atoms with van der Waals surface area (Å²) in [6.07, 6.45) is 2.08. The van der Waals surface area contributed by atoms with E-state index in [9.17, 15) is 0 Å². The fraction of sp³-hybridized carbons (Fsp3) is 0.714. The van der Waals surface area contributed by atoms with Gasteiger partial charge < -0.3 is 19.2 Å². The number of nitrogens with zero attached hydrogens (tertiary/aromatic N) is 1. The van der Waals surface area contributed by atoms with Gasteiger partial charge in [0, 0.05) is 40.4 Å². The SMILES string of the molecule is COC1CN(CCNC(C)c2ccco2)CC1OC. The number of methoxy groups -OCH3 is 2. The van der Waals surface area contributed by atoms with Gasteiger partial charge >= 0.3 is 0 Å². The molecular formula is C14H24N2O3. The molecule has 5 nitrogen and oxygen atoms in total. The van der Waals surface area contributed by atoms with Crippen LogP contribution in [0.2, 0.25) is 0 Å². The summed E-state index contributed by atoms with van der Waals surface area (Å²) in [5.41, 5.74) is 0. The van der Waals surface area contributed by atoms with Crippen molar-refractivity contribution in [2.24, 2.45) is 0 Å². The normalized spacial score (nSPS) is 25.8. The highest BCUT2D eigenvalue weighted by molar-refractivity contribution is 5.02. The number of hydrogen-bond donors (Lipinski definition) is 1. The molecule has 1 aliphatic heterocycles. The minimum absolute atomic E-state index is 0.187. The Labute approximate surface area is 114 Å². The van der Waals surface area contributed by atoms with Crippen molar-refractivity contribution in [3.63, 3.8) is 0 Å². The van der Waals surface area contributed by atoms with Crippen LogP contribution in [-0.4, -0.2) is 57.5 Å². The molecule has 3 unspecified atom stereocenters. The Balaban J connectivity index is 1.69. The van der Waals surface area contributed by atoms with Gasteiger partial charge in [0.15, 0.2) is 0 Å². The molecule has 19 heavy (non-hydrogen) atoms. The van der Waals surface area contributed by atoms with E-state index in [0.29, 0.717) is 0 Å². The van der Waals surface area contributed by atoms with Crippen molar-refractivity contribution in [3.8, 4) is 0 Å². The van der Waals surface area contributed by atoms with Gasteiger partial charge in [0.1, 0.15) is 5.76 Å². The summed E-state index contributed by atoms with van der Waals surface area (Å²) in [5, 5.41) is 3.46. The van der Waals surface area contributed by atoms with Crippen LogP contribution >= 0.6 is 0 Å². The average molecular weight is 268 g/mol. The highest BCUT2D eigenvalue weighted by atomic mass is 16.5. The van der Waals surface area contributed by atoms with Gasteiger partial charge in [-0.3, -0.25) is 4.90 Å². The Bertz CT molecular complexity index is 344. The van der Waals surface area contributed by atoms with Gasteiger partial charge in [0.05, 0.1) is 24.5 Å². The van der Waals surface area contributed by atoms with Crippen molar-refractivity contribution in [1.29, 1.82) is 0 Å². The number of hydrogen-bond acceptors (Lipinski definition) is 5. The third-order valence-corrected chi connectivity index (χ3v) is 3.74. The number of ether oxygens (including phenoxy) is 2. The van der Waals surface area contributed by atoms with E-state index in [0.717, 1.165) is 31.9 Å². The Morgan fingerprint density at radius 3 is 2.58 bits per heavy atom. The molecule has 1 aromatic rings. The fourth-order valence-electron chi connectivity index (χ4n) is 2.53. The van der Waals surface area contributed by atoms with E-state index in [-0.39, 0.29) is 18.2 Å². The summed E-state index contributed by atoms with van der Waals surface area (Å²) in [6.45, 7) is 5.90. The Hall–Kier alpha value is -0.880.